The molecule has 4 aromatic rings. The summed E-state index contributed by atoms with van der Waals surface area (Å²) in [6.07, 6.45) is 4.42. The predicted molar refractivity (Wildman–Crippen MR) is 152 cm³/mol. The number of amides is 2. The van der Waals surface area contributed by atoms with E-state index in [2.05, 4.69) is 9.97 Å². The summed E-state index contributed by atoms with van der Waals surface area (Å²) in [5.41, 5.74) is 1.72. The maximum Gasteiger partial charge on any atom is 0.331 e. The molecule has 0 aliphatic carbocycles. The van der Waals surface area contributed by atoms with Crippen LogP contribution in [0.4, 0.5) is 5.82 Å². The highest BCUT2D eigenvalue weighted by Gasteiger charge is 2.37. The van der Waals surface area contributed by atoms with Crippen molar-refractivity contribution in [3.63, 3.8) is 0 Å². The van der Waals surface area contributed by atoms with E-state index in [1.54, 1.807) is 54.6 Å². The summed E-state index contributed by atoms with van der Waals surface area (Å²) in [4.78, 5) is 59.6. The van der Waals surface area contributed by atoms with Crippen LogP contribution in [0.1, 0.15) is 62.7 Å². The lowest BCUT2D eigenvalue weighted by molar-refractivity contribution is 0.0925. The number of carbonyl (C=O) groups excluding carboxylic acids is 2. The molecular weight excluding hydrogens is 522 g/mol. The Morgan fingerprint density at radius 2 is 1.73 bits per heavy atom. The molecule has 3 heterocycles. The molecule has 0 radical (unpaired) electrons. The number of anilines is 1. The van der Waals surface area contributed by atoms with Gasteiger partial charge in [-0.05, 0) is 72.0 Å². The molecule has 1 aliphatic rings. The first-order chi connectivity index (χ1) is 19.7. The van der Waals surface area contributed by atoms with Gasteiger partial charge in [0.2, 0.25) is 5.88 Å². The van der Waals surface area contributed by atoms with E-state index in [1.807, 2.05) is 32.9 Å². The van der Waals surface area contributed by atoms with Crippen LogP contribution in [0.2, 0.25) is 0 Å². The summed E-state index contributed by atoms with van der Waals surface area (Å²) in [5.74, 6) is -0.704. The number of allylic oxidation sites excluding steroid dienone is 1. The first-order valence-corrected chi connectivity index (χ1v) is 12.8. The van der Waals surface area contributed by atoms with Crippen LogP contribution in [0.15, 0.2) is 76.5 Å². The molecule has 0 fully saturated rings. The van der Waals surface area contributed by atoms with Crippen molar-refractivity contribution in [1.29, 1.82) is 5.26 Å². The van der Waals surface area contributed by atoms with E-state index in [4.69, 9.17) is 10.00 Å². The summed E-state index contributed by atoms with van der Waals surface area (Å²) >= 11 is 0. The van der Waals surface area contributed by atoms with Crippen LogP contribution >= 0.6 is 0 Å². The number of aromatic amines is 1. The number of fused-ring (bicyclic) bond motifs is 1. The number of aryl methyl sites for hydroxylation is 1. The number of pyridine rings is 1. The molecule has 0 spiro atoms. The SMILES string of the molecule is Cc1cc(/C=C/C#N)cc(Oc2c(C(C)C)c(=O)[nH]c(=O)n2Cc2ccnc(N3C(=O)c4ccccc4C3=O)c2)c1. The number of H-pyrrole nitrogens is 1. The number of benzene rings is 2. The fourth-order valence-electron chi connectivity index (χ4n) is 4.77. The van der Waals surface area contributed by atoms with Gasteiger partial charge in [0.05, 0.1) is 29.3 Å². The van der Waals surface area contributed by atoms with Gasteiger partial charge < -0.3 is 4.74 Å². The van der Waals surface area contributed by atoms with Gasteiger partial charge in [-0.15, -0.1) is 0 Å². The van der Waals surface area contributed by atoms with Gasteiger partial charge in [-0.3, -0.25) is 23.9 Å². The minimum Gasteiger partial charge on any atom is -0.440 e. The Hall–Kier alpha value is -5.56. The maximum atomic E-state index is 13.1. The number of ether oxygens (including phenoxy) is 1. The largest absolute Gasteiger partial charge is 0.440 e. The number of carbonyl (C=O) groups is 2. The zero-order valence-corrected chi connectivity index (χ0v) is 22.5. The number of aromatic nitrogens is 3. The number of imide groups is 1. The van der Waals surface area contributed by atoms with Gasteiger partial charge in [0.25, 0.3) is 17.4 Å². The number of nitriles is 1. The third kappa shape index (κ3) is 5.21. The minimum atomic E-state index is -0.689. The summed E-state index contributed by atoms with van der Waals surface area (Å²) in [6, 6.07) is 17.0. The van der Waals surface area contributed by atoms with Crippen molar-refractivity contribution in [2.45, 2.75) is 33.2 Å². The molecule has 0 unspecified atom stereocenters. The number of nitrogens with one attached hydrogen (secondary N) is 1. The Morgan fingerprint density at radius 1 is 1.02 bits per heavy atom. The van der Waals surface area contributed by atoms with Gasteiger partial charge in [0.1, 0.15) is 11.6 Å². The molecule has 5 rings (SSSR count). The highest BCUT2D eigenvalue weighted by Crippen LogP contribution is 2.31. The standard InChI is InChI=1S/C31H25N5O5/c1-18(2)26-27(37)34-31(40)35(30(26)41-22-14-19(3)13-20(15-22)7-6-11-32)17-21-10-12-33-25(16-21)36-28(38)23-8-4-5-9-24(23)29(36)39/h4-10,12-16,18H,17H2,1-3H3,(H,34,37,40)/b7-6+. The maximum absolute atomic E-state index is 13.1. The molecular formula is C31H25N5O5. The zero-order valence-electron chi connectivity index (χ0n) is 22.5. The quantitative estimate of drug-likeness (QED) is 0.265. The Kier molecular flexibility index (Phi) is 7.18. The molecule has 10 nitrogen and oxygen atoms in total. The van der Waals surface area contributed by atoms with Gasteiger partial charge in [-0.25, -0.2) is 14.7 Å². The van der Waals surface area contributed by atoms with Gasteiger partial charge in [-0.1, -0.05) is 32.0 Å². The molecule has 0 bridgehead atoms. The normalized spacial score (nSPS) is 12.7. The zero-order chi connectivity index (χ0) is 29.3. The number of rotatable bonds is 7. The van der Waals surface area contributed by atoms with E-state index in [-0.39, 0.29) is 29.7 Å². The molecule has 10 heteroatoms. The smallest absolute Gasteiger partial charge is 0.331 e. The molecule has 1 aliphatic heterocycles. The van der Waals surface area contributed by atoms with Gasteiger partial charge in [0.15, 0.2) is 0 Å². The molecule has 204 valence electrons. The second-order valence-electron chi connectivity index (χ2n) is 9.88. The van der Waals surface area contributed by atoms with Crippen molar-refractivity contribution < 1.29 is 14.3 Å². The molecule has 1 N–H and O–H groups in total. The molecule has 2 aromatic heterocycles. The first kappa shape index (κ1) is 27.0. The molecule has 0 saturated carbocycles. The predicted octanol–water partition coefficient (Wildman–Crippen LogP) is 4.54. The second-order valence-corrected chi connectivity index (χ2v) is 9.88. The Bertz CT molecular complexity index is 1860. The Labute approximate surface area is 234 Å². The molecule has 0 saturated heterocycles. The van der Waals surface area contributed by atoms with E-state index >= 15 is 0 Å². The molecule has 2 amide bonds. The summed E-state index contributed by atoms with van der Waals surface area (Å²) in [6.45, 7) is 5.45. The fraction of sp³-hybridized carbons (Fsp3) is 0.161. The van der Waals surface area contributed by atoms with E-state index in [0.29, 0.717) is 28.0 Å². The Morgan fingerprint density at radius 3 is 2.39 bits per heavy atom. The van der Waals surface area contributed by atoms with Crippen LogP contribution in [0, 0.1) is 18.3 Å². The van der Waals surface area contributed by atoms with Crippen LogP contribution in [-0.2, 0) is 6.54 Å². The van der Waals surface area contributed by atoms with E-state index in [0.717, 1.165) is 10.5 Å². The van der Waals surface area contributed by atoms with Crippen LogP contribution in [0.25, 0.3) is 6.08 Å². The van der Waals surface area contributed by atoms with Gasteiger partial charge in [-0.2, -0.15) is 5.26 Å². The van der Waals surface area contributed by atoms with Gasteiger partial charge in [0, 0.05) is 12.3 Å². The monoisotopic (exact) mass is 547 g/mol. The van der Waals surface area contributed by atoms with Crippen molar-refractivity contribution in [1.82, 2.24) is 14.5 Å². The van der Waals surface area contributed by atoms with Crippen molar-refractivity contribution in [3.05, 3.63) is 121 Å². The van der Waals surface area contributed by atoms with Crippen LogP contribution in [0.5, 0.6) is 11.6 Å². The number of hydrogen-bond acceptors (Lipinski definition) is 7. The van der Waals surface area contributed by atoms with Crippen LogP contribution < -0.4 is 20.9 Å². The lowest BCUT2D eigenvalue weighted by atomic mass is 10.1. The summed E-state index contributed by atoms with van der Waals surface area (Å²) in [5, 5.41) is 8.91. The third-order valence-corrected chi connectivity index (χ3v) is 6.57. The average molecular weight is 548 g/mol. The number of nitrogens with zero attached hydrogens (tertiary/aromatic N) is 4. The van der Waals surface area contributed by atoms with Crippen molar-refractivity contribution >= 4 is 23.7 Å². The first-order valence-electron chi connectivity index (χ1n) is 12.8. The summed E-state index contributed by atoms with van der Waals surface area (Å²) < 4.78 is 7.53. The topological polar surface area (TPSA) is 138 Å². The Balaban J connectivity index is 1.57. The fourth-order valence-corrected chi connectivity index (χ4v) is 4.77. The van der Waals surface area contributed by atoms with Crippen LogP contribution in [-0.4, -0.2) is 26.3 Å². The van der Waals surface area contributed by atoms with Crippen molar-refractivity contribution in [2.75, 3.05) is 4.90 Å². The lowest BCUT2D eigenvalue weighted by Crippen LogP contribution is -2.34. The van der Waals surface area contributed by atoms with Crippen molar-refractivity contribution in [2.24, 2.45) is 0 Å². The highest BCUT2D eigenvalue weighted by molar-refractivity contribution is 6.34. The third-order valence-electron chi connectivity index (χ3n) is 6.57. The lowest BCUT2D eigenvalue weighted by Gasteiger charge is -2.19. The molecule has 2 aromatic carbocycles. The van der Waals surface area contributed by atoms with Crippen LogP contribution in [0.3, 0.4) is 0 Å². The van der Waals surface area contributed by atoms with E-state index in [9.17, 15) is 19.2 Å². The second kappa shape index (κ2) is 10.9. The highest BCUT2D eigenvalue weighted by atomic mass is 16.5. The summed E-state index contributed by atoms with van der Waals surface area (Å²) in [7, 11) is 0. The number of hydrogen-bond donors (Lipinski definition) is 1. The molecule has 41 heavy (non-hydrogen) atoms. The minimum absolute atomic E-state index is 0.0453. The average Bonchev–Trinajstić information content (AvgIpc) is 3.19. The van der Waals surface area contributed by atoms with E-state index in [1.165, 1.54) is 16.8 Å². The van der Waals surface area contributed by atoms with Crippen molar-refractivity contribution in [3.8, 4) is 17.7 Å². The van der Waals surface area contributed by atoms with Gasteiger partial charge >= 0.3 is 5.69 Å². The molecule has 0 atom stereocenters. The van der Waals surface area contributed by atoms with E-state index < -0.39 is 23.1 Å².